The van der Waals surface area contributed by atoms with Crippen molar-refractivity contribution in [2.45, 2.75) is 11.5 Å². The molecule has 0 heterocycles. The van der Waals surface area contributed by atoms with E-state index in [9.17, 15) is 18.4 Å². The predicted octanol–water partition coefficient (Wildman–Crippen LogP) is 4.21. The van der Waals surface area contributed by atoms with Crippen LogP contribution in [0.2, 0.25) is 0 Å². The lowest BCUT2D eigenvalue weighted by molar-refractivity contribution is -0.142. The van der Waals surface area contributed by atoms with Gasteiger partial charge in [-0.25, -0.2) is 4.79 Å². The minimum atomic E-state index is -3.02. The first-order chi connectivity index (χ1) is 13.0. The van der Waals surface area contributed by atoms with Gasteiger partial charge in [0.15, 0.2) is 6.61 Å². The van der Waals surface area contributed by atoms with Crippen molar-refractivity contribution >= 4 is 35.4 Å². The van der Waals surface area contributed by atoms with Gasteiger partial charge in [-0.1, -0.05) is 24.3 Å². The van der Waals surface area contributed by atoms with E-state index in [4.69, 9.17) is 4.74 Å². The number of benzene rings is 2. The van der Waals surface area contributed by atoms with E-state index in [2.05, 4.69) is 10.1 Å². The average molecular weight is 393 g/mol. The lowest BCUT2D eigenvalue weighted by Gasteiger charge is -2.11. The monoisotopic (exact) mass is 393 g/mol. The van der Waals surface area contributed by atoms with Gasteiger partial charge in [0.05, 0.1) is 5.69 Å². The minimum absolute atomic E-state index is 0.0586. The summed E-state index contributed by atoms with van der Waals surface area (Å²) in [6.07, 6.45) is 4.73. The topological polar surface area (TPSA) is 64.6 Å². The number of para-hydroxylation sites is 2. The third-order valence-corrected chi connectivity index (χ3v) is 3.99. The molecule has 0 saturated carbocycles. The number of amides is 1. The number of thioether (sulfide) groups is 1. The van der Waals surface area contributed by atoms with Gasteiger partial charge in [0.2, 0.25) is 0 Å². The first-order valence-corrected chi connectivity index (χ1v) is 9.03. The molecule has 0 saturated heterocycles. The fourth-order valence-corrected chi connectivity index (χ4v) is 2.43. The zero-order chi connectivity index (χ0) is 19.6. The van der Waals surface area contributed by atoms with Gasteiger partial charge in [-0.15, -0.1) is 11.8 Å². The summed E-state index contributed by atoms with van der Waals surface area (Å²) in [4.78, 5) is 24.6. The molecule has 0 radical (unpaired) electrons. The molecule has 1 amide bonds. The summed E-state index contributed by atoms with van der Waals surface area (Å²) in [5, 5.41) is 2.36. The summed E-state index contributed by atoms with van der Waals surface area (Å²) in [7, 11) is 0. The van der Waals surface area contributed by atoms with Gasteiger partial charge in [-0.3, -0.25) is 4.79 Å². The highest BCUT2D eigenvalue weighted by molar-refractivity contribution is 7.98. The third kappa shape index (κ3) is 7.10. The van der Waals surface area contributed by atoms with Crippen LogP contribution in [0, 0.1) is 0 Å². The van der Waals surface area contributed by atoms with Gasteiger partial charge in [0, 0.05) is 11.0 Å². The molecule has 5 nitrogen and oxygen atoms in total. The third-order valence-electron chi connectivity index (χ3n) is 3.25. The second-order valence-electron chi connectivity index (χ2n) is 5.14. The standard InChI is InChI=1S/C19H17F2NO4S/c1-27-14-9-6-13(7-10-14)8-11-18(24)25-12-17(23)22-15-4-2-3-5-16(15)26-19(20)21/h2-11,19H,12H2,1H3,(H,22,23). The summed E-state index contributed by atoms with van der Waals surface area (Å²) >= 11 is 1.61. The zero-order valence-corrected chi connectivity index (χ0v) is 15.2. The molecule has 0 aliphatic carbocycles. The Hall–Kier alpha value is -2.87. The first-order valence-electron chi connectivity index (χ1n) is 7.80. The number of halogens is 2. The molecule has 27 heavy (non-hydrogen) atoms. The molecule has 1 N–H and O–H groups in total. The summed E-state index contributed by atoms with van der Waals surface area (Å²) in [5.74, 6) is -1.55. The fourth-order valence-electron chi connectivity index (χ4n) is 2.02. The Morgan fingerprint density at radius 2 is 1.85 bits per heavy atom. The van der Waals surface area contributed by atoms with Crippen LogP contribution in [-0.4, -0.2) is 31.4 Å². The number of hydrogen-bond donors (Lipinski definition) is 1. The van der Waals surface area contributed by atoms with Crippen LogP contribution in [0.15, 0.2) is 59.5 Å². The van der Waals surface area contributed by atoms with Gasteiger partial charge in [-0.2, -0.15) is 8.78 Å². The van der Waals surface area contributed by atoms with Crippen molar-refractivity contribution in [3.8, 4) is 5.75 Å². The van der Waals surface area contributed by atoms with E-state index >= 15 is 0 Å². The summed E-state index contributed by atoms with van der Waals surface area (Å²) in [5.41, 5.74) is 0.871. The number of carbonyl (C=O) groups is 2. The zero-order valence-electron chi connectivity index (χ0n) is 14.4. The normalized spacial score (nSPS) is 10.8. The molecule has 0 aromatic heterocycles. The van der Waals surface area contributed by atoms with E-state index in [-0.39, 0.29) is 11.4 Å². The molecular formula is C19H17F2NO4S. The van der Waals surface area contributed by atoms with Crippen LogP contribution in [0.4, 0.5) is 14.5 Å². The Bertz CT molecular complexity index is 810. The minimum Gasteiger partial charge on any atom is -0.452 e. The number of alkyl halides is 2. The van der Waals surface area contributed by atoms with E-state index in [1.807, 2.05) is 30.5 Å². The van der Waals surface area contributed by atoms with E-state index in [0.717, 1.165) is 10.5 Å². The van der Waals surface area contributed by atoms with Crippen LogP contribution in [0.5, 0.6) is 5.75 Å². The number of nitrogens with one attached hydrogen (secondary N) is 1. The smallest absolute Gasteiger partial charge is 0.387 e. The Morgan fingerprint density at radius 1 is 1.15 bits per heavy atom. The maximum absolute atomic E-state index is 12.3. The van der Waals surface area contributed by atoms with Gasteiger partial charge >= 0.3 is 12.6 Å². The highest BCUT2D eigenvalue weighted by atomic mass is 32.2. The maximum atomic E-state index is 12.3. The Balaban J connectivity index is 1.84. The van der Waals surface area contributed by atoms with E-state index in [1.54, 1.807) is 23.9 Å². The van der Waals surface area contributed by atoms with Crippen molar-refractivity contribution < 1.29 is 27.8 Å². The van der Waals surface area contributed by atoms with Gasteiger partial charge in [0.25, 0.3) is 5.91 Å². The SMILES string of the molecule is CSc1ccc(C=CC(=O)OCC(=O)Nc2ccccc2OC(F)F)cc1. The van der Waals surface area contributed by atoms with Crippen LogP contribution in [0.25, 0.3) is 6.08 Å². The second kappa shape index (κ2) is 10.3. The van der Waals surface area contributed by atoms with Crippen LogP contribution in [-0.2, 0) is 14.3 Å². The van der Waals surface area contributed by atoms with Crippen molar-refractivity contribution in [2.24, 2.45) is 0 Å². The summed E-state index contributed by atoms with van der Waals surface area (Å²) in [6, 6.07) is 13.3. The highest BCUT2D eigenvalue weighted by Crippen LogP contribution is 2.25. The quantitative estimate of drug-likeness (QED) is 0.414. The van der Waals surface area contributed by atoms with Crippen molar-refractivity contribution in [1.29, 1.82) is 0 Å². The van der Waals surface area contributed by atoms with E-state index in [0.29, 0.717) is 0 Å². The molecule has 0 aliphatic heterocycles. The summed E-state index contributed by atoms with van der Waals surface area (Å²) < 4.78 is 33.8. The molecule has 0 aliphatic rings. The van der Waals surface area contributed by atoms with Crippen molar-refractivity contribution in [3.63, 3.8) is 0 Å². The van der Waals surface area contributed by atoms with Crippen LogP contribution >= 0.6 is 11.8 Å². The van der Waals surface area contributed by atoms with Crippen LogP contribution in [0.1, 0.15) is 5.56 Å². The van der Waals surface area contributed by atoms with Crippen molar-refractivity contribution in [3.05, 3.63) is 60.2 Å². The average Bonchev–Trinajstić information content (AvgIpc) is 2.66. The number of ether oxygens (including phenoxy) is 2. The Labute approximate surface area is 159 Å². The molecule has 0 spiro atoms. The molecular weight excluding hydrogens is 376 g/mol. The Kier molecular flexibility index (Phi) is 7.81. The highest BCUT2D eigenvalue weighted by Gasteiger charge is 2.12. The van der Waals surface area contributed by atoms with E-state index < -0.39 is 25.1 Å². The van der Waals surface area contributed by atoms with Crippen molar-refractivity contribution in [1.82, 2.24) is 0 Å². The molecule has 2 rings (SSSR count). The maximum Gasteiger partial charge on any atom is 0.387 e. The molecule has 0 atom stereocenters. The van der Waals surface area contributed by atoms with Crippen molar-refractivity contribution in [2.75, 3.05) is 18.2 Å². The predicted molar refractivity (Wildman–Crippen MR) is 99.9 cm³/mol. The molecule has 2 aromatic carbocycles. The lowest BCUT2D eigenvalue weighted by Crippen LogP contribution is -2.20. The molecule has 2 aromatic rings. The molecule has 142 valence electrons. The van der Waals surface area contributed by atoms with Crippen LogP contribution in [0.3, 0.4) is 0 Å². The first kappa shape index (κ1) is 20.4. The molecule has 8 heteroatoms. The number of carbonyl (C=O) groups excluding carboxylic acids is 2. The molecule has 0 unspecified atom stereocenters. The van der Waals surface area contributed by atoms with Crippen LogP contribution < -0.4 is 10.1 Å². The van der Waals surface area contributed by atoms with Gasteiger partial charge < -0.3 is 14.8 Å². The van der Waals surface area contributed by atoms with Gasteiger partial charge in [0.1, 0.15) is 5.75 Å². The molecule has 0 fully saturated rings. The number of anilines is 1. The number of hydrogen-bond acceptors (Lipinski definition) is 5. The number of esters is 1. The summed E-state index contributed by atoms with van der Waals surface area (Å²) in [6.45, 7) is -3.58. The fraction of sp³-hybridized carbons (Fsp3) is 0.158. The molecule has 0 bridgehead atoms. The Morgan fingerprint density at radius 3 is 2.52 bits per heavy atom. The second-order valence-corrected chi connectivity index (χ2v) is 6.02. The number of rotatable bonds is 8. The van der Waals surface area contributed by atoms with E-state index in [1.165, 1.54) is 24.3 Å². The lowest BCUT2D eigenvalue weighted by atomic mass is 10.2. The largest absolute Gasteiger partial charge is 0.452 e. The van der Waals surface area contributed by atoms with Gasteiger partial charge in [-0.05, 0) is 42.2 Å².